The Hall–Kier alpha value is -0.890. The molecule has 0 aromatic carbocycles. The highest BCUT2D eigenvalue weighted by Crippen LogP contribution is 2.23. The normalized spacial score (nSPS) is 16.1. The second-order valence-corrected chi connectivity index (χ2v) is 5.13. The SMILES string of the molecule is C=C[C@H](C)[C@H](C)/C(C)=C/c1csc(C)n1. The maximum atomic E-state index is 4.43. The summed E-state index contributed by atoms with van der Waals surface area (Å²) in [5.41, 5.74) is 2.45. The number of allylic oxidation sites excluding steroid dienone is 2. The average Bonchev–Trinajstić information content (AvgIpc) is 2.61. The van der Waals surface area contributed by atoms with Gasteiger partial charge in [-0.05, 0) is 31.8 Å². The first kappa shape index (κ1) is 12.2. The predicted molar refractivity (Wildman–Crippen MR) is 69.0 cm³/mol. The number of aromatic nitrogens is 1. The van der Waals surface area contributed by atoms with Crippen molar-refractivity contribution in [3.8, 4) is 0 Å². The lowest BCUT2D eigenvalue weighted by molar-refractivity contribution is 0.533. The van der Waals surface area contributed by atoms with Gasteiger partial charge >= 0.3 is 0 Å². The number of rotatable bonds is 4. The molecule has 1 aromatic heterocycles. The fourth-order valence-corrected chi connectivity index (χ4v) is 2.00. The van der Waals surface area contributed by atoms with Crippen LogP contribution in [0.1, 0.15) is 31.5 Å². The average molecular weight is 221 g/mol. The van der Waals surface area contributed by atoms with Crippen LogP contribution >= 0.6 is 11.3 Å². The van der Waals surface area contributed by atoms with E-state index in [0.29, 0.717) is 11.8 Å². The fraction of sp³-hybridized carbons (Fsp3) is 0.462. The minimum absolute atomic E-state index is 0.515. The molecule has 0 N–H and O–H groups in total. The monoisotopic (exact) mass is 221 g/mol. The Morgan fingerprint density at radius 2 is 2.20 bits per heavy atom. The van der Waals surface area contributed by atoms with Crippen molar-refractivity contribution in [3.63, 3.8) is 0 Å². The Morgan fingerprint density at radius 3 is 2.67 bits per heavy atom. The van der Waals surface area contributed by atoms with Crippen molar-refractivity contribution in [3.05, 3.63) is 34.3 Å². The Balaban J connectivity index is 2.79. The lowest BCUT2D eigenvalue weighted by Crippen LogP contribution is -2.06. The van der Waals surface area contributed by atoms with Crippen LogP contribution in [-0.2, 0) is 0 Å². The van der Waals surface area contributed by atoms with E-state index >= 15 is 0 Å². The minimum Gasteiger partial charge on any atom is -0.242 e. The molecule has 1 nitrogen and oxygen atoms in total. The van der Waals surface area contributed by atoms with Gasteiger partial charge in [-0.1, -0.05) is 25.5 Å². The summed E-state index contributed by atoms with van der Waals surface area (Å²) in [5.74, 6) is 1.05. The van der Waals surface area contributed by atoms with E-state index in [9.17, 15) is 0 Å². The summed E-state index contributed by atoms with van der Waals surface area (Å²) in [4.78, 5) is 4.43. The molecule has 1 aromatic rings. The van der Waals surface area contributed by atoms with Gasteiger partial charge in [0.05, 0.1) is 10.7 Å². The van der Waals surface area contributed by atoms with E-state index in [4.69, 9.17) is 0 Å². The summed E-state index contributed by atoms with van der Waals surface area (Å²) in [7, 11) is 0. The summed E-state index contributed by atoms with van der Waals surface area (Å²) in [6, 6.07) is 0. The van der Waals surface area contributed by atoms with Crippen molar-refractivity contribution in [1.82, 2.24) is 4.98 Å². The molecule has 0 bridgehead atoms. The third-order valence-electron chi connectivity index (χ3n) is 2.89. The standard InChI is InChI=1S/C13H19NS/c1-6-9(2)11(4)10(3)7-13-8-15-12(5)14-13/h6-9,11H,1H2,2-5H3/b10-7+/t9-,11-/m0/s1. The van der Waals surface area contributed by atoms with Crippen LogP contribution in [0.3, 0.4) is 0 Å². The molecule has 2 heteroatoms. The Kier molecular flexibility index (Phi) is 4.28. The maximum Gasteiger partial charge on any atom is 0.0901 e. The molecular formula is C13H19NS. The van der Waals surface area contributed by atoms with Crippen molar-refractivity contribution < 1.29 is 0 Å². The van der Waals surface area contributed by atoms with Gasteiger partial charge in [0, 0.05) is 5.38 Å². The number of aryl methyl sites for hydroxylation is 1. The van der Waals surface area contributed by atoms with Gasteiger partial charge in [-0.25, -0.2) is 4.98 Å². The first-order valence-corrected chi connectivity index (χ1v) is 6.15. The van der Waals surface area contributed by atoms with Crippen LogP contribution in [0, 0.1) is 18.8 Å². The highest BCUT2D eigenvalue weighted by Gasteiger charge is 2.10. The van der Waals surface area contributed by atoms with E-state index in [1.807, 2.05) is 13.0 Å². The zero-order chi connectivity index (χ0) is 11.4. The Labute approximate surface area is 96.6 Å². The van der Waals surface area contributed by atoms with E-state index in [-0.39, 0.29) is 0 Å². The molecule has 82 valence electrons. The van der Waals surface area contributed by atoms with Gasteiger partial charge in [0.1, 0.15) is 0 Å². The first-order chi connectivity index (χ1) is 7.04. The summed E-state index contributed by atoms with van der Waals surface area (Å²) in [5, 5.41) is 3.22. The van der Waals surface area contributed by atoms with Gasteiger partial charge in [0.15, 0.2) is 0 Å². The van der Waals surface area contributed by atoms with E-state index in [2.05, 4.69) is 43.8 Å². The second kappa shape index (κ2) is 5.26. The van der Waals surface area contributed by atoms with Gasteiger partial charge in [0.25, 0.3) is 0 Å². The fourth-order valence-electron chi connectivity index (χ4n) is 1.43. The quantitative estimate of drug-likeness (QED) is 0.690. The molecule has 2 atom stereocenters. The van der Waals surface area contributed by atoms with Crippen LogP contribution in [0.4, 0.5) is 0 Å². The van der Waals surface area contributed by atoms with Crippen molar-refractivity contribution in [2.45, 2.75) is 27.7 Å². The van der Waals surface area contributed by atoms with Gasteiger partial charge in [-0.2, -0.15) is 0 Å². The second-order valence-electron chi connectivity index (χ2n) is 4.06. The van der Waals surface area contributed by atoms with Gasteiger partial charge in [0.2, 0.25) is 0 Å². The summed E-state index contributed by atoms with van der Waals surface area (Å²) < 4.78 is 0. The number of hydrogen-bond donors (Lipinski definition) is 0. The summed E-state index contributed by atoms with van der Waals surface area (Å²) in [6.07, 6.45) is 4.18. The zero-order valence-electron chi connectivity index (χ0n) is 9.95. The van der Waals surface area contributed by atoms with Gasteiger partial charge in [-0.3, -0.25) is 0 Å². The third kappa shape index (κ3) is 3.31. The molecule has 0 radical (unpaired) electrons. The summed E-state index contributed by atoms with van der Waals surface area (Å²) >= 11 is 1.70. The molecule has 0 spiro atoms. The van der Waals surface area contributed by atoms with E-state index in [0.717, 1.165) is 10.7 Å². The molecule has 0 aliphatic carbocycles. The largest absolute Gasteiger partial charge is 0.242 e. The van der Waals surface area contributed by atoms with Crippen molar-refractivity contribution >= 4 is 17.4 Å². The minimum atomic E-state index is 0.515. The molecule has 1 rings (SSSR count). The van der Waals surface area contributed by atoms with Gasteiger partial charge in [-0.15, -0.1) is 17.9 Å². The number of nitrogens with zero attached hydrogens (tertiary/aromatic N) is 1. The molecule has 15 heavy (non-hydrogen) atoms. The Bertz CT molecular complexity index is 362. The van der Waals surface area contributed by atoms with E-state index < -0.39 is 0 Å². The predicted octanol–water partition coefficient (Wildman–Crippen LogP) is 4.31. The smallest absolute Gasteiger partial charge is 0.0901 e. The first-order valence-electron chi connectivity index (χ1n) is 5.27. The molecule has 0 aliphatic heterocycles. The molecule has 0 unspecified atom stereocenters. The van der Waals surface area contributed by atoms with Crippen LogP contribution in [0.25, 0.3) is 6.08 Å². The van der Waals surface area contributed by atoms with E-state index in [1.165, 1.54) is 5.57 Å². The van der Waals surface area contributed by atoms with Crippen molar-refractivity contribution in [1.29, 1.82) is 0 Å². The van der Waals surface area contributed by atoms with Crippen molar-refractivity contribution in [2.24, 2.45) is 11.8 Å². The zero-order valence-corrected chi connectivity index (χ0v) is 10.8. The molecule has 0 fully saturated rings. The van der Waals surface area contributed by atoms with E-state index in [1.54, 1.807) is 11.3 Å². The lowest BCUT2D eigenvalue weighted by atomic mass is 9.89. The summed E-state index contributed by atoms with van der Waals surface area (Å²) in [6.45, 7) is 12.5. The number of hydrogen-bond acceptors (Lipinski definition) is 2. The molecule has 0 amide bonds. The topological polar surface area (TPSA) is 12.9 Å². The van der Waals surface area contributed by atoms with Crippen LogP contribution < -0.4 is 0 Å². The highest BCUT2D eigenvalue weighted by molar-refractivity contribution is 7.09. The molecule has 1 heterocycles. The van der Waals surface area contributed by atoms with Crippen LogP contribution in [0.2, 0.25) is 0 Å². The van der Waals surface area contributed by atoms with Crippen LogP contribution in [0.15, 0.2) is 23.6 Å². The molecule has 0 aliphatic rings. The van der Waals surface area contributed by atoms with Gasteiger partial charge < -0.3 is 0 Å². The third-order valence-corrected chi connectivity index (χ3v) is 3.68. The number of thiazole rings is 1. The lowest BCUT2D eigenvalue weighted by Gasteiger charge is -2.16. The molecule has 0 saturated heterocycles. The maximum absolute atomic E-state index is 4.43. The molecular weight excluding hydrogens is 202 g/mol. The highest BCUT2D eigenvalue weighted by atomic mass is 32.1. The Morgan fingerprint density at radius 1 is 1.53 bits per heavy atom. The van der Waals surface area contributed by atoms with Crippen molar-refractivity contribution in [2.75, 3.05) is 0 Å². The van der Waals surface area contributed by atoms with Crippen LogP contribution in [0.5, 0.6) is 0 Å². The van der Waals surface area contributed by atoms with Crippen LogP contribution in [-0.4, -0.2) is 4.98 Å². The molecule has 0 saturated carbocycles.